The van der Waals surface area contributed by atoms with Crippen LogP contribution in [0, 0.1) is 0 Å². The van der Waals surface area contributed by atoms with Gasteiger partial charge in [0, 0.05) is 81.1 Å². The fraction of sp³-hybridized carbons (Fsp3) is 0.636. The molecule has 2 aromatic rings. The molecule has 2 heterocycles. The van der Waals surface area contributed by atoms with Gasteiger partial charge in [-0.2, -0.15) is 0 Å². The Bertz CT molecular complexity index is 774. The average molecular weight is 371 g/mol. The van der Waals surface area contributed by atoms with Gasteiger partial charge in [-0.3, -0.25) is 4.90 Å². The molecule has 2 aliphatic rings. The third kappa shape index (κ3) is 3.73. The Morgan fingerprint density at radius 3 is 2.67 bits per heavy atom. The van der Waals surface area contributed by atoms with Gasteiger partial charge in [-0.15, -0.1) is 0 Å². The molecule has 1 aliphatic heterocycles. The molecule has 0 radical (unpaired) electrons. The summed E-state index contributed by atoms with van der Waals surface area (Å²) in [5.74, 6) is 0. The van der Waals surface area contributed by atoms with Gasteiger partial charge in [-0.1, -0.05) is 0 Å². The highest BCUT2D eigenvalue weighted by atomic mass is 16.3. The van der Waals surface area contributed by atoms with Crippen LogP contribution in [0.5, 0.6) is 0 Å². The Morgan fingerprint density at radius 2 is 1.93 bits per heavy atom. The van der Waals surface area contributed by atoms with Crippen molar-refractivity contribution in [2.24, 2.45) is 0 Å². The molecule has 2 N–H and O–H groups in total. The number of benzene rings is 1. The molecule has 27 heavy (non-hydrogen) atoms. The summed E-state index contributed by atoms with van der Waals surface area (Å²) in [5, 5.41) is 15.1. The number of hydrogen-bond donors (Lipinski definition) is 2. The van der Waals surface area contributed by atoms with Crippen molar-refractivity contribution in [3.8, 4) is 0 Å². The number of aliphatic hydroxyl groups is 1. The van der Waals surface area contributed by atoms with Crippen LogP contribution < -0.4 is 10.2 Å². The molecule has 5 heteroatoms. The number of rotatable bonds is 6. The van der Waals surface area contributed by atoms with E-state index in [1.807, 2.05) is 0 Å². The van der Waals surface area contributed by atoms with Crippen molar-refractivity contribution in [1.29, 1.82) is 0 Å². The first-order valence-electron chi connectivity index (χ1n) is 10.7. The van der Waals surface area contributed by atoms with Crippen molar-refractivity contribution in [1.82, 2.24) is 14.8 Å². The third-order valence-electron chi connectivity index (χ3n) is 6.40. The number of hydrogen-bond acceptors (Lipinski definition) is 4. The number of fused-ring (bicyclic) bond motifs is 3. The van der Waals surface area contributed by atoms with E-state index in [0.29, 0.717) is 0 Å². The maximum Gasteiger partial charge on any atom is 0.0585 e. The molecule has 0 saturated carbocycles. The summed E-state index contributed by atoms with van der Waals surface area (Å²) >= 11 is 0. The van der Waals surface area contributed by atoms with E-state index < -0.39 is 0 Å². The highest BCUT2D eigenvalue weighted by molar-refractivity contribution is 5.89. The lowest BCUT2D eigenvalue weighted by molar-refractivity contribution is 0.157. The largest absolute Gasteiger partial charge is 0.393 e. The van der Waals surface area contributed by atoms with Gasteiger partial charge < -0.3 is 19.9 Å². The van der Waals surface area contributed by atoms with E-state index in [-0.39, 0.29) is 6.10 Å². The summed E-state index contributed by atoms with van der Waals surface area (Å²) < 4.78 is 2.55. The van der Waals surface area contributed by atoms with E-state index in [1.54, 1.807) is 0 Å². The first kappa shape index (κ1) is 18.8. The smallest absolute Gasteiger partial charge is 0.0585 e. The van der Waals surface area contributed by atoms with Crippen LogP contribution in [0.3, 0.4) is 0 Å². The van der Waals surface area contributed by atoms with Crippen LogP contribution in [0.4, 0.5) is 5.69 Å². The fourth-order valence-corrected chi connectivity index (χ4v) is 4.84. The number of nitrogens with one attached hydrogen (secondary N) is 1. The minimum absolute atomic E-state index is 0.193. The Labute approximate surface area is 162 Å². The summed E-state index contributed by atoms with van der Waals surface area (Å²) in [4.78, 5) is 4.97. The van der Waals surface area contributed by atoms with Gasteiger partial charge in [0.15, 0.2) is 0 Å². The molecule has 5 nitrogen and oxygen atoms in total. The maximum absolute atomic E-state index is 10.3. The molecule has 0 bridgehead atoms. The molecule has 1 aromatic heterocycles. The van der Waals surface area contributed by atoms with Crippen LogP contribution in [0.2, 0.25) is 0 Å². The second kappa shape index (κ2) is 8.21. The SMILES string of the molecule is CCN(CC)c1ccc2c(c1)c1c(n2CCN2CCNCC2)CCC(O)C1. The topological polar surface area (TPSA) is 43.7 Å². The average Bonchev–Trinajstić information content (AvgIpc) is 3.00. The second-order valence-electron chi connectivity index (χ2n) is 7.94. The Kier molecular flexibility index (Phi) is 5.71. The summed E-state index contributed by atoms with van der Waals surface area (Å²) in [6.07, 6.45) is 2.49. The van der Waals surface area contributed by atoms with Crippen LogP contribution >= 0.6 is 0 Å². The number of nitrogens with zero attached hydrogens (tertiary/aromatic N) is 3. The van der Waals surface area contributed by atoms with Gasteiger partial charge >= 0.3 is 0 Å². The van der Waals surface area contributed by atoms with Gasteiger partial charge in [0.2, 0.25) is 0 Å². The Hall–Kier alpha value is -1.56. The maximum atomic E-state index is 10.3. The number of aromatic nitrogens is 1. The number of anilines is 1. The van der Waals surface area contributed by atoms with Crippen LogP contribution in [0.15, 0.2) is 18.2 Å². The first-order valence-corrected chi connectivity index (χ1v) is 10.7. The zero-order valence-corrected chi connectivity index (χ0v) is 16.9. The molecule has 0 spiro atoms. The first-order chi connectivity index (χ1) is 13.2. The highest BCUT2D eigenvalue weighted by Crippen LogP contribution is 2.34. The minimum atomic E-state index is -0.193. The van der Waals surface area contributed by atoms with E-state index in [4.69, 9.17) is 0 Å². The summed E-state index contributed by atoms with van der Waals surface area (Å²) in [6.45, 7) is 13.1. The number of piperazine rings is 1. The standard InChI is InChI=1S/C22H34N4O/c1-3-25(4-2)17-5-7-21-19(15-17)20-16-18(27)6-8-22(20)26(21)14-13-24-11-9-23-10-12-24/h5,7,15,18,23,27H,3-4,6,8-14,16H2,1-2H3. The lowest BCUT2D eigenvalue weighted by atomic mass is 9.93. The predicted octanol–water partition coefficient (Wildman–Crippen LogP) is 2.24. The summed E-state index contributed by atoms with van der Waals surface area (Å²) in [7, 11) is 0. The highest BCUT2D eigenvalue weighted by Gasteiger charge is 2.25. The van der Waals surface area contributed by atoms with Crippen LogP contribution in [0.1, 0.15) is 31.5 Å². The van der Waals surface area contributed by atoms with Crippen LogP contribution in [-0.2, 0) is 19.4 Å². The quantitative estimate of drug-likeness (QED) is 0.819. The second-order valence-corrected chi connectivity index (χ2v) is 7.94. The molecule has 148 valence electrons. The number of aliphatic hydroxyl groups excluding tert-OH is 1. The summed E-state index contributed by atoms with van der Waals surface area (Å²) in [5.41, 5.74) is 5.50. The van der Waals surface area contributed by atoms with Crippen molar-refractivity contribution >= 4 is 16.6 Å². The molecule has 0 amide bonds. The lowest BCUT2D eigenvalue weighted by Crippen LogP contribution is -2.44. The van der Waals surface area contributed by atoms with E-state index in [0.717, 1.165) is 71.6 Å². The normalized spacial score (nSPS) is 20.8. The lowest BCUT2D eigenvalue weighted by Gasteiger charge is -2.28. The zero-order chi connectivity index (χ0) is 18.8. The molecular weight excluding hydrogens is 336 g/mol. The fourth-order valence-electron chi connectivity index (χ4n) is 4.84. The zero-order valence-electron chi connectivity index (χ0n) is 16.9. The van der Waals surface area contributed by atoms with Crippen molar-refractivity contribution in [2.45, 2.75) is 45.8 Å². The molecule has 1 atom stereocenters. The predicted molar refractivity (Wildman–Crippen MR) is 113 cm³/mol. The van der Waals surface area contributed by atoms with Crippen molar-refractivity contribution in [3.63, 3.8) is 0 Å². The van der Waals surface area contributed by atoms with Crippen molar-refractivity contribution in [3.05, 3.63) is 29.5 Å². The summed E-state index contributed by atoms with van der Waals surface area (Å²) in [6, 6.07) is 6.95. The van der Waals surface area contributed by atoms with Gasteiger partial charge in [0.1, 0.15) is 0 Å². The van der Waals surface area contributed by atoms with Gasteiger partial charge in [-0.25, -0.2) is 0 Å². The van der Waals surface area contributed by atoms with Crippen molar-refractivity contribution in [2.75, 3.05) is 50.7 Å². The molecule has 1 aliphatic carbocycles. The van der Waals surface area contributed by atoms with Gasteiger partial charge in [-0.05, 0) is 50.5 Å². The van der Waals surface area contributed by atoms with Gasteiger partial charge in [0.05, 0.1) is 6.10 Å². The minimum Gasteiger partial charge on any atom is -0.393 e. The molecule has 4 rings (SSSR count). The molecule has 1 saturated heterocycles. The van der Waals surface area contributed by atoms with Crippen LogP contribution in [0.25, 0.3) is 10.9 Å². The molecular formula is C22H34N4O. The van der Waals surface area contributed by atoms with Crippen molar-refractivity contribution < 1.29 is 5.11 Å². The Morgan fingerprint density at radius 1 is 1.15 bits per heavy atom. The van der Waals surface area contributed by atoms with E-state index in [9.17, 15) is 5.11 Å². The monoisotopic (exact) mass is 370 g/mol. The molecule has 1 fully saturated rings. The van der Waals surface area contributed by atoms with E-state index >= 15 is 0 Å². The van der Waals surface area contributed by atoms with E-state index in [1.165, 1.54) is 27.8 Å². The third-order valence-corrected chi connectivity index (χ3v) is 6.40. The molecule has 1 aromatic carbocycles. The van der Waals surface area contributed by atoms with E-state index in [2.05, 4.69) is 51.7 Å². The van der Waals surface area contributed by atoms with Crippen LogP contribution in [-0.4, -0.2) is 66.5 Å². The Balaban J connectivity index is 1.69. The van der Waals surface area contributed by atoms with Gasteiger partial charge in [0.25, 0.3) is 0 Å². The molecule has 1 unspecified atom stereocenters.